The number of esters is 2. The summed E-state index contributed by atoms with van der Waals surface area (Å²) in [4.78, 5) is 99.0. The van der Waals surface area contributed by atoms with E-state index in [0.29, 0.717) is 12.0 Å². The predicted molar refractivity (Wildman–Crippen MR) is 239 cm³/mol. The molecule has 0 aliphatic carbocycles. The molecule has 2 aromatic rings. The molecule has 0 bridgehead atoms. The molecule has 0 saturated carbocycles. The maximum Gasteiger partial charge on any atom is 0.334 e. The van der Waals surface area contributed by atoms with Crippen molar-refractivity contribution < 1.29 is 48.1 Å². The van der Waals surface area contributed by atoms with Crippen molar-refractivity contribution in [3.63, 3.8) is 0 Å². The summed E-state index contributed by atoms with van der Waals surface area (Å²) in [6.45, 7) is 16.5. The first-order valence-corrected chi connectivity index (χ1v) is 22.2. The Morgan fingerprint density at radius 3 is 2.21 bits per heavy atom. The molecule has 0 saturated heterocycles. The van der Waals surface area contributed by atoms with Gasteiger partial charge in [-0.05, 0) is 87.3 Å². The SMILES string of the molecule is C/C=C(\C)[C@H]1OC(=O)[C@@H](C)NC(=O)C(C(C)CC)NC(=O)CN(C)C(=O)[C@@H](Cc2csc3ccccc23)N(C)C(=O)[C@H](C)NC(=O)[C@@H](CC(C)C)OC(=O)/C(C)=C/C[C@H](O)[C@@H]1C. The number of nitrogens with one attached hydrogen (secondary N) is 3. The Morgan fingerprint density at radius 1 is 0.935 bits per heavy atom. The fourth-order valence-corrected chi connectivity index (χ4v) is 8.09. The molecular weight excluding hydrogens is 815 g/mol. The third-order valence-corrected chi connectivity index (χ3v) is 12.5. The lowest BCUT2D eigenvalue weighted by molar-refractivity contribution is -0.155. The van der Waals surface area contributed by atoms with Crippen LogP contribution in [-0.2, 0) is 49.5 Å². The zero-order valence-electron chi connectivity index (χ0n) is 38.3. The van der Waals surface area contributed by atoms with E-state index in [1.54, 1.807) is 33.8 Å². The quantitative estimate of drug-likeness (QED) is 0.228. The second-order valence-electron chi connectivity index (χ2n) is 17.0. The number of rotatable bonds is 7. The van der Waals surface area contributed by atoms with Gasteiger partial charge in [-0.1, -0.05) is 71.4 Å². The fourth-order valence-electron chi connectivity index (χ4n) is 7.11. The van der Waals surface area contributed by atoms with Crippen LogP contribution in [0.5, 0.6) is 0 Å². The lowest BCUT2D eigenvalue weighted by atomic mass is 9.90. The summed E-state index contributed by atoms with van der Waals surface area (Å²) in [5.41, 5.74) is 1.58. The molecule has 9 atom stereocenters. The van der Waals surface area contributed by atoms with Crippen molar-refractivity contribution in [1.82, 2.24) is 25.8 Å². The minimum Gasteiger partial charge on any atom is -0.456 e. The Morgan fingerprint density at radius 2 is 1.58 bits per heavy atom. The van der Waals surface area contributed by atoms with Gasteiger partial charge in [0.15, 0.2) is 6.10 Å². The number of allylic oxidation sites excluding steroid dienone is 1. The number of carbonyl (C=O) groups excluding carboxylic acids is 7. The van der Waals surface area contributed by atoms with Gasteiger partial charge in [0.1, 0.15) is 30.3 Å². The molecule has 0 spiro atoms. The Labute approximate surface area is 370 Å². The number of fused-ring (bicyclic) bond motifs is 1. The highest BCUT2D eigenvalue weighted by Gasteiger charge is 2.37. The Kier molecular flexibility index (Phi) is 19.3. The normalized spacial score (nSPS) is 28.1. The summed E-state index contributed by atoms with van der Waals surface area (Å²) in [7, 11) is 2.88. The van der Waals surface area contributed by atoms with Gasteiger partial charge in [0.25, 0.3) is 5.91 Å². The van der Waals surface area contributed by atoms with Crippen LogP contribution in [0.25, 0.3) is 10.1 Å². The molecule has 342 valence electrons. The number of amides is 5. The van der Waals surface area contributed by atoms with Crippen molar-refractivity contribution in [2.45, 2.75) is 137 Å². The van der Waals surface area contributed by atoms with Crippen molar-refractivity contribution in [1.29, 1.82) is 0 Å². The van der Waals surface area contributed by atoms with Gasteiger partial charge < -0.3 is 40.3 Å². The standard InChI is InChI=1S/C46H67N5O10S/c1-13-26(5)39-42(55)48-31(10)46(59)61-40(27(6)14-2)29(8)35(52)20-19-28(7)45(58)60-36(21-25(3)4)41(54)47-30(9)43(56)51(12)34(44(57)50(11)23-38(53)49-39)22-32-24-62-37-18-16-15-17-33(32)37/h14-19,24-26,29-31,34-36,39-40,52H,13,20-23H2,1-12H3,(H,47,54)(H,48,55)(H,49,53)/b27-14+,28-19+/t26?,29-,30-,31+,34+,35-,36+,39?,40+/m0/s1. The van der Waals surface area contributed by atoms with Crippen molar-refractivity contribution in [3.8, 4) is 0 Å². The molecule has 3 rings (SSSR count). The number of benzene rings is 1. The number of carbonyl (C=O) groups is 7. The average Bonchev–Trinajstić information content (AvgIpc) is 3.65. The highest BCUT2D eigenvalue weighted by Crippen LogP contribution is 2.28. The number of ether oxygens (including phenoxy) is 2. The average molecular weight is 882 g/mol. The van der Waals surface area contributed by atoms with E-state index in [0.717, 1.165) is 15.6 Å². The molecule has 1 aromatic carbocycles. The third kappa shape index (κ3) is 13.7. The van der Waals surface area contributed by atoms with Crippen LogP contribution >= 0.6 is 11.3 Å². The van der Waals surface area contributed by atoms with E-state index in [9.17, 15) is 38.7 Å². The van der Waals surface area contributed by atoms with Crippen molar-refractivity contribution in [3.05, 3.63) is 58.5 Å². The van der Waals surface area contributed by atoms with Crippen molar-refractivity contribution in [2.24, 2.45) is 17.8 Å². The summed E-state index contributed by atoms with van der Waals surface area (Å²) in [5, 5.41) is 22.2. The topological polar surface area (TPSA) is 201 Å². The molecule has 62 heavy (non-hydrogen) atoms. The summed E-state index contributed by atoms with van der Waals surface area (Å²) < 4.78 is 12.6. The molecule has 1 aromatic heterocycles. The van der Waals surface area contributed by atoms with Crippen LogP contribution in [-0.4, -0.2) is 120 Å². The molecule has 4 N–H and O–H groups in total. The van der Waals surface area contributed by atoms with Gasteiger partial charge in [0.2, 0.25) is 23.6 Å². The molecule has 16 heteroatoms. The molecule has 1 aliphatic rings. The Bertz CT molecular complexity index is 1990. The van der Waals surface area contributed by atoms with Gasteiger partial charge in [-0.15, -0.1) is 11.3 Å². The summed E-state index contributed by atoms with van der Waals surface area (Å²) in [6.07, 6.45) is 0.677. The van der Waals surface area contributed by atoms with E-state index >= 15 is 0 Å². The number of aliphatic hydroxyl groups is 1. The van der Waals surface area contributed by atoms with E-state index in [2.05, 4.69) is 16.0 Å². The molecule has 0 radical (unpaired) electrons. The predicted octanol–water partition coefficient (Wildman–Crippen LogP) is 4.45. The second kappa shape index (κ2) is 23.4. The van der Waals surface area contributed by atoms with Crippen molar-refractivity contribution >= 4 is 62.9 Å². The number of likely N-dealkylation sites (N-methyl/N-ethyl adjacent to an activating group) is 2. The first-order chi connectivity index (χ1) is 29.1. The lowest BCUT2D eigenvalue weighted by Gasteiger charge is -2.33. The van der Waals surface area contributed by atoms with Gasteiger partial charge in [0, 0.05) is 36.7 Å². The van der Waals surface area contributed by atoms with Gasteiger partial charge in [0.05, 0.1) is 12.6 Å². The molecule has 1 aliphatic heterocycles. The summed E-state index contributed by atoms with van der Waals surface area (Å²) in [5.74, 6) is -5.83. The van der Waals surface area contributed by atoms with Crippen LogP contribution < -0.4 is 16.0 Å². The van der Waals surface area contributed by atoms with Crippen LogP contribution in [0.15, 0.2) is 52.9 Å². The highest BCUT2D eigenvalue weighted by atomic mass is 32.1. The zero-order chi connectivity index (χ0) is 46.6. The third-order valence-electron chi connectivity index (χ3n) is 11.5. The van der Waals surface area contributed by atoms with Crippen molar-refractivity contribution in [2.75, 3.05) is 20.6 Å². The van der Waals surface area contributed by atoms with E-state index in [-0.39, 0.29) is 36.7 Å². The van der Waals surface area contributed by atoms with E-state index in [1.807, 2.05) is 50.4 Å². The Balaban J connectivity index is 2.08. The van der Waals surface area contributed by atoms with Crippen LogP contribution in [0.4, 0.5) is 0 Å². The zero-order valence-corrected chi connectivity index (χ0v) is 39.1. The molecule has 0 fully saturated rings. The number of thiophene rings is 1. The van der Waals surface area contributed by atoms with Gasteiger partial charge in [-0.25, -0.2) is 9.59 Å². The first kappa shape index (κ1) is 51.3. The van der Waals surface area contributed by atoms with Gasteiger partial charge in [-0.3, -0.25) is 24.0 Å². The first-order valence-electron chi connectivity index (χ1n) is 21.4. The number of cyclic esters (lactones) is 2. The van der Waals surface area contributed by atoms with Gasteiger partial charge >= 0.3 is 11.9 Å². The maximum absolute atomic E-state index is 14.4. The Hall–Kier alpha value is -5.09. The lowest BCUT2D eigenvalue weighted by Crippen LogP contribution is -2.57. The van der Waals surface area contributed by atoms with E-state index in [1.165, 1.54) is 62.1 Å². The van der Waals surface area contributed by atoms with Gasteiger partial charge in [-0.2, -0.15) is 0 Å². The van der Waals surface area contributed by atoms with Crippen LogP contribution in [0, 0.1) is 17.8 Å². The minimum atomic E-state index is -1.27. The van der Waals surface area contributed by atoms with Crippen LogP contribution in [0.1, 0.15) is 94.1 Å². The largest absolute Gasteiger partial charge is 0.456 e. The molecular formula is C46H67N5O10S. The molecule has 2 unspecified atom stereocenters. The van der Waals surface area contributed by atoms with E-state index < -0.39 is 96.4 Å². The monoisotopic (exact) mass is 881 g/mol. The second-order valence-corrected chi connectivity index (χ2v) is 17.9. The smallest absolute Gasteiger partial charge is 0.334 e. The molecule has 5 amide bonds. The summed E-state index contributed by atoms with van der Waals surface area (Å²) >= 11 is 1.49. The molecule has 15 nitrogen and oxygen atoms in total. The summed E-state index contributed by atoms with van der Waals surface area (Å²) in [6, 6.07) is 3.15. The molecule has 2 heterocycles. The number of hydrogen-bond donors (Lipinski definition) is 4. The number of nitrogens with zero attached hydrogens (tertiary/aromatic N) is 2. The van der Waals surface area contributed by atoms with E-state index in [4.69, 9.17) is 9.47 Å². The minimum absolute atomic E-state index is 0.0229. The number of hydrogen-bond acceptors (Lipinski definition) is 11. The number of aliphatic hydroxyl groups excluding tert-OH is 1. The van der Waals surface area contributed by atoms with Crippen LogP contribution in [0.2, 0.25) is 0 Å². The fraction of sp³-hybridized carbons (Fsp3) is 0.587. The maximum atomic E-state index is 14.4. The highest BCUT2D eigenvalue weighted by molar-refractivity contribution is 7.17. The van der Waals surface area contributed by atoms with Crippen LogP contribution in [0.3, 0.4) is 0 Å².